The third kappa shape index (κ3) is 2.81. The molecule has 0 spiro atoms. The van der Waals surface area contributed by atoms with Crippen LogP contribution in [0.5, 0.6) is 0 Å². The molecule has 2 atom stereocenters. The van der Waals surface area contributed by atoms with E-state index in [2.05, 4.69) is 5.32 Å². The zero-order valence-electron chi connectivity index (χ0n) is 12.1. The highest BCUT2D eigenvalue weighted by Gasteiger charge is 2.39. The maximum atomic E-state index is 12.6. The first-order valence-electron chi connectivity index (χ1n) is 7.37. The van der Waals surface area contributed by atoms with Gasteiger partial charge in [0, 0.05) is 13.2 Å². The van der Waals surface area contributed by atoms with Crippen molar-refractivity contribution in [2.45, 2.75) is 44.4 Å². The van der Waals surface area contributed by atoms with Crippen LogP contribution in [0.1, 0.15) is 42.0 Å². The summed E-state index contributed by atoms with van der Waals surface area (Å²) < 4.78 is 10.5. The minimum Gasteiger partial charge on any atom is -0.453 e. The molecule has 0 aromatic carbocycles. The van der Waals surface area contributed by atoms with E-state index in [0.717, 1.165) is 25.7 Å². The van der Waals surface area contributed by atoms with Crippen LogP contribution in [0.3, 0.4) is 0 Å². The molecule has 2 heterocycles. The second-order valence-electron chi connectivity index (χ2n) is 5.66. The average molecular weight is 292 g/mol. The van der Waals surface area contributed by atoms with Crippen molar-refractivity contribution < 1.29 is 18.7 Å². The van der Waals surface area contributed by atoms with Crippen molar-refractivity contribution in [1.82, 2.24) is 10.2 Å². The summed E-state index contributed by atoms with van der Waals surface area (Å²) in [6.45, 7) is 0.445. The molecular weight excluding hydrogens is 272 g/mol. The number of piperazine rings is 1. The lowest BCUT2D eigenvalue weighted by atomic mass is 9.87. The smallest absolute Gasteiger partial charge is 0.290 e. The molecule has 6 nitrogen and oxygen atoms in total. The largest absolute Gasteiger partial charge is 0.453 e. The zero-order valence-corrected chi connectivity index (χ0v) is 12.1. The minimum absolute atomic E-state index is 0.0809. The van der Waals surface area contributed by atoms with Crippen LogP contribution in [0.15, 0.2) is 16.5 Å². The van der Waals surface area contributed by atoms with Gasteiger partial charge in [-0.2, -0.15) is 0 Å². The molecule has 21 heavy (non-hydrogen) atoms. The van der Waals surface area contributed by atoms with E-state index in [-0.39, 0.29) is 36.2 Å². The number of methoxy groups -OCH3 is 1. The number of hydrogen-bond acceptors (Lipinski definition) is 4. The Morgan fingerprint density at radius 1 is 1.43 bits per heavy atom. The van der Waals surface area contributed by atoms with E-state index >= 15 is 0 Å². The molecule has 114 valence electrons. The molecule has 0 radical (unpaired) electrons. The minimum atomic E-state index is -0.205. The highest BCUT2D eigenvalue weighted by atomic mass is 16.5. The van der Waals surface area contributed by atoms with Crippen molar-refractivity contribution in [3.05, 3.63) is 23.7 Å². The fourth-order valence-electron chi connectivity index (χ4n) is 3.25. The van der Waals surface area contributed by atoms with E-state index < -0.39 is 0 Å². The van der Waals surface area contributed by atoms with Gasteiger partial charge in [-0.25, -0.2) is 0 Å². The highest BCUT2D eigenvalue weighted by Crippen LogP contribution is 2.27. The van der Waals surface area contributed by atoms with Gasteiger partial charge < -0.3 is 19.4 Å². The Hall–Kier alpha value is -1.82. The summed E-state index contributed by atoms with van der Waals surface area (Å²) in [5.74, 6) is 0.600. The van der Waals surface area contributed by atoms with Gasteiger partial charge in [0.25, 0.3) is 5.91 Å². The van der Waals surface area contributed by atoms with Gasteiger partial charge in [-0.05, 0) is 25.0 Å². The molecule has 1 aromatic heterocycles. The number of carbonyl (C=O) groups is 2. The van der Waals surface area contributed by atoms with Crippen molar-refractivity contribution >= 4 is 11.8 Å². The predicted octanol–water partition coefficient (Wildman–Crippen LogP) is 1.31. The molecule has 0 unspecified atom stereocenters. The number of furan rings is 1. The quantitative estimate of drug-likeness (QED) is 0.911. The number of nitrogens with zero attached hydrogens (tertiary/aromatic N) is 1. The van der Waals surface area contributed by atoms with Crippen LogP contribution >= 0.6 is 0 Å². The maximum absolute atomic E-state index is 12.6. The van der Waals surface area contributed by atoms with Gasteiger partial charge in [0.05, 0.1) is 6.04 Å². The van der Waals surface area contributed by atoms with Crippen molar-refractivity contribution in [2.24, 2.45) is 0 Å². The average Bonchev–Trinajstić information content (AvgIpc) is 2.94. The van der Waals surface area contributed by atoms with Gasteiger partial charge in [0.1, 0.15) is 18.9 Å². The standard InChI is InChI=1S/C15H20N2O4/c1-20-9-10-6-7-13(21-10)15(19)17-8-14(18)16-11-4-2-3-5-12(11)17/h6-7,11-12H,2-5,8-9H2,1H3,(H,16,18)/t11-,12+/m0/s1. The number of rotatable bonds is 3. The number of fused-ring (bicyclic) bond motifs is 1. The topological polar surface area (TPSA) is 71.8 Å². The summed E-state index contributed by atoms with van der Waals surface area (Å²) in [6, 6.07) is 3.55. The number of carbonyl (C=O) groups excluding carboxylic acids is 2. The van der Waals surface area contributed by atoms with Crippen LogP contribution in [-0.2, 0) is 16.1 Å². The number of ether oxygens (including phenoxy) is 1. The first-order chi connectivity index (χ1) is 10.2. The predicted molar refractivity (Wildman–Crippen MR) is 74.6 cm³/mol. The van der Waals surface area contributed by atoms with Crippen LogP contribution < -0.4 is 5.32 Å². The van der Waals surface area contributed by atoms with Gasteiger partial charge in [0.15, 0.2) is 5.76 Å². The summed E-state index contributed by atoms with van der Waals surface area (Å²) in [4.78, 5) is 26.1. The van der Waals surface area contributed by atoms with Crippen molar-refractivity contribution in [3.8, 4) is 0 Å². The summed E-state index contributed by atoms with van der Waals surface area (Å²) in [5, 5.41) is 3.00. The fourth-order valence-corrected chi connectivity index (χ4v) is 3.25. The zero-order chi connectivity index (χ0) is 14.8. The normalized spacial score (nSPS) is 25.4. The number of amides is 2. The van der Waals surface area contributed by atoms with Gasteiger partial charge >= 0.3 is 0 Å². The van der Waals surface area contributed by atoms with Crippen LogP contribution in [0.2, 0.25) is 0 Å². The molecule has 2 amide bonds. The van der Waals surface area contributed by atoms with E-state index in [9.17, 15) is 9.59 Å². The van der Waals surface area contributed by atoms with E-state index in [1.54, 1.807) is 24.1 Å². The summed E-state index contributed by atoms with van der Waals surface area (Å²) in [5.41, 5.74) is 0. The molecule has 6 heteroatoms. The van der Waals surface area contributed by atoms with Crippen molar-refractivity contribution in [1.29, 1.82) is 0 Å². The molecule has 2 aliphatic rings. The molecule has 1 saturated carbocycles. The monoisotopic (exact) mass is 292 g/mol. The summed E-state index contributed by atoms with van der Waals surface area (Å²) in [6.07, 6.45) is 4.06. The molecule has 1 aromatic rings. The van der Waals surface area contributed by atoms with Gasteiger partial charge in [-0.15, -0.1) is 0 Å². The third-order valence-electron chi connectivity index (χ3n) is 4.21. The van der Waals surface area contributed by atoms with Crippen molar-refractivity contribution in [2.75, 3.05) is 13.7 Å². The molecule has 1 saturated heterocycles. The Labute approximate surface area is 123 Å². The lowest BCUT2D eigenvalue weighted by Crippen LogP contribution is -2.62. The van der Waals surface area contributed by atoms with Crippen LogP contribution in [0.25, 0.3) is 0 Å². The number of nitrogens with one attached hydrogen (secondary N) is 1. The van der Waals surface area contributed by atoms with E-state index in [1.807, 2.05) is 0 Å². The lowest BCUT2D eigenvalue weighted by Gasteiger charge is -2.43. The first-order valence-corrected chi connectivity index (χ1v) is 7.37. The van der Waals surface area contributed by atoms with Crippen LogP contribution in [0.4, 0.5) is 0 Å². The van der Waals surface area contributed by atoms with Crippen LogP contribution in [-0.4, -0.2) is 42.5 Å². The van der Waals surface area contributed by atoms with Gasteiger partial charge in [0.2, 0.25) is 5.91 Å². The van der Waals surface area contributed by atoms with Gasteiger partial charge in [-0.1, -0.05) is 12.8 Å². The van der Waals surface area contributed by atoms with E-state index in [0.29, 0.717) is 12.4 Å². The van der Waals surface area contributed by atoms with Crippen LogP contribution in [0, 0.1) is 0 Å². The molecule has 1 aliphatic carbocycles. The third-order valence-corrected chi connectivity index (χ3v) is 4.21. The molecule has 0 bridgehead atoms. The summed E-state index contributed by atoms with van der Waals surface area (Å²) in [7, 11) is 1.58. The van der Waals surface area contributed by atoms with E-state index in [1.165, 1.54) is 0 Å². The van der Waals surface area contributed by atoms with Gasteiger partial charge in [-0.3, -0.25) is 9.59 Å². The molecular formula is C15H20N2O4. The Morgan fingerprint density at radius 3 is 3.05 bits per heavy atom. The molecule has 1 N–H and O–H groups in total. The number of hydrogen-bond donors (Lipinski definition) is 1. The second-order valence-corrected chi connectivity index (χ2v) is 5.66. The first kappa shape index (κ1) is 14.1. The van der Waals surface area contributed by atoms with Crippen molar-refractivity contribution in [3.63, 3.8) is 0 Å². The second kappa shape index (κ2) is 5.89. The Kier molecular flexibility index (Phi) is 3.96. The molecule has 2 fully saturated rings. The fraction of sp³-hybridized carbons (Fsp3) is 0.600. The Bertz CT molecular complexity index is 540. The maximum Gasteiger partial charge on any atom is 0.290 e. The lowest BCUT2D eigenvalue weighted by molar-refractivity contribution is -0.127. The molecule has 1 aliphatic heterocycles. The Morgan fingerprint density at radius 2 is 2.24 bits per heavy atom. The van der Waals surface area contributed by atoms with E-state index in [4.69, 9.17) is 9.15 Å². The Balaban J connectivity index is 1.79. The summed E-state index contributed by atoms with van der Waals surface area (Å²) >= 11 is 0. The SMILES string of the molecule is COCc1ccc(C(=O)N2CC(=O)N[C@H]3CCCC[C@H]32)o1. The highest BCUT2D eigenvalue weighted by molar-refractivity contribution is 5.95. The molecule has 3 rings (SSSR count).